The lowest BCUT2D eigenvalue weighted by atomic mass is 10.3. The van der Waals surface area contributed by atoms with Crippen molar-refractivity contribution in [2.75, 3.05) is 5.32 Å². The largest absolute Gasteiger partial charge is 0.452 e. The van der Waals surface area contributed by atoms with Gasteiger partial charge in [-0.25, -0.2) is 4.39 Å². The number of halogens is 1. The van der Waals surface area contributed by atoms with Crippen LogP contribution in [0.1, 0.15) is 19.0 Å². The fourth-order valence-electron chi connectivity index (χ4n) is 1.96. The molecule has 0 fully saturated rings. The average molecular weight is 352 g/mol. The molecule has 6 nitrogen and oxygen atoms in total. The zero-order valence-corrected chi connectivity index (χ0v) is 14.1. The van der Waals surface area contributed by atoms with Gasteiger partial charge in [-0.1, -0.05) is 11.3 Å². The Bertz CT molecular complexity index is 782. The second-order valence-electron chi connectivity index (χ2n) is 5.17. The van der Waals surface area contributed by atoms with E-state index in [4.69, 9.17) is 4.74 Å². The minimum Gasteiger partial charge on any atom is -0.452 e. The molecule has 1 amide bonds. The summed E-state index contributed by atoms with van der Waals surface area (Å²) < 4.78 is 19.3. The molecular formula is C16H17FN2O4S. The van der Waals surface area contributed by atoms with Crippen LogP contribution >= 0.6 is 11.3 Å². The van der Waals surface area contributed by atoms with E-state index in [9.17, 15) is 18.8 Å². The van der Waals surface area contributed by atoms with Gasteiger partial charge in [0.15, 0.2) is 6.10 Å². The minimum atomic E-state index is -0.997. The molecule has 0 aliphatic rings. The second kappa shape index (κ2) is 7.87. The lowest BCUT2D eigenvalue weighted by Crippen LogP contribution is -2.30. The van der Waals surface area contributed by atoms with Gasteiger partial charge >= 0.3 is 10.8 Å². The molecule has 1 aromatic carbocycles. The minimum absolute atomic E-state index is 0.00829. The van der Waals surface area contributed by atoms with Gasteiger partial charge < -0.3 is 14.6 Å². The molecule has 1 heterocycles. The number of carbonyl (C=O) groups is 2. The topological polar surface area (TPSA) is 77.4 Å². The summed E-state index contributed by atoms with van der Waals surface area (Å²) in [5, 5.41) is 4.24. The Labute approximate surface area is 141 Å². The Morgan fingerprint density at radius 3 is 2.58 bits per heavy atom. The smallest absolute Gasteiger partial charge is 0.308 e. The van der Waals surface area contributed by atoms with Crippen molar-refractivity contribution in [3.63, 3.8) is 0 Å². The van der Waals surface area contributed by atoms with Crippen molar-refractivity contribution in [2.24, 2.45) is 0 Å². The monoisotopic (exact) mass is 352 g/mol. The van der Waals surface area contributed by atoms with E-state index in [0.29, 0.717) is 5.69 Å². The van der Waals surface area contributed by atoms with Crippen molar-refractivity contribution >= 4 is 28.9 Å². The highest BCUT2D eigenvalue weighted by atomic mass is 32.1. The number of esters is 1. The van der Waals surface area contributed by atoms with Gasteiger partial charge in [0.25, 0.3) is 5.91 Å². The van der Waals surface area contributed by atoms with Crippen LogP contribution in [0.2, 0.25) is 0 Å². The number of amides is 1. The number of thiazole rings is 1. The molecule has 0 saturated heterocycles. The van der Waals surface area contributed by atoms with E-state index in [1.807, 2.05) is 0 Å². The number of aryl methyl sites for hydroxylation is 1. The Morgan fingerprint density at radius 2 is 2.00 bits per heavy atom. The van der Waals surface area contributed by atoms with Crippen molar-refractivity contribution in [2.45, 2.75) is 32.9 Å². The Hall–Kier alpha value is -2.48. The first-order chi connectivity index (χ1) is 11.4. The van der Waals surface area contributed by atoms with Gasteiger partial charge in [0.1, 0.15) is 5.82 Å². The van der Waals surface area contributed by atoms with Crippen LogP contribution in [0.15, 0.2) is 34.4 Å². The predicted octanol–water partition coefficient (Wildman–Crippen LogP) is 2.32. The molecule has 8 heteroatoms. The lowest BCUT2D eigenvalue weighted by molar-refractivity contribution is -0.153. The molecule has 1 aromatic heterocycles. The van der Waals surface area contributed by atoms with Crippen molar-refractivity contribution in [1.29, 1.82) is 0 Å². The highest BCUT2D eigenvalue weighted by molar-refractivity contribution is 7.07. The highest BCUT2D eigenvalue weighted by Crippen LogP contribution is 2.10. The van der Waals surface area contributed by atoms with Crippen LogP contribution in [-0.4, -0.2) is 22.5 Å². The number of carbonyl (C=O) groups excluding carboxylic acids is 2. The maximum Gasteiger partial charge on any atom is 0.308 e. The van der Waals surface area contributed by atoms with E-state index >= 15 is 0 Å². The summed E-state index contributed by atoms with van der Waals surface area (Å²) >= 11 is 1.07. The highest BCUT2D eigenvalue weighted by Gasteiger charge is 2.18. The number of hydrogen-bond donors (Lipinski definition) is 1. The number of nitrogens with zero attached hydrogens (tertiary/aromatic N) is 1. The Kier molecular flexibility index (Phi) is 5.86. The maximum absolute atomic E-state index is 12.8. The second-order valence-corrected chi connectivity index (χ2v) is 5.99. The maximum atomic E-state index is 12.8. The molecular weight excluding hydrogens is 335 g/mol. The summed E-state index contributed by atoms with van der Waals surface area (Å²) in [7, 11) is 0. The molecule has 0 radical (unpaired) electrons. The third-order valence-corrected chi connectivity index (χ3v) is 4.19. The fourth-order valence-corrected chi connectivity index (χ4v) is 2.73. The first-order valence-corrected chi connectivity index (χ1v) is 8.15. The van der Waals surface area contributed by atoms with E-state index in [1.165, 1.54) is 35.8 Å². The quantitative estimate of drug-likeness (QED) is 0.810. The van der Waals surface area contributed by atoms with E-state index in [-0.39, 0.29) is 17.8 Å². The number of benzene rings is 1. The van der Waals surface area contributed by atoms with E-state index in [1.54, 1.807) is 12.3 Å². The van der Waals surface area contributed by atoms with Crippen molar-refractivity contribution in [1.82, 2.24) is 4.57 Å². The van der Waals surface area contributed by atoms with Crippen LogP contribution in [0.5, 0.6) is 0 Å². The number of ether oxygens (including phenoxy) is 1. The van der Waals surface area contributed by atoms with Gasteiger partial charge in [0, 0.05) is 23.3 Å². The summed E-state index contributed by atoms with van der Waals surface area (Å²) in [6.45, 7) is 3.43. The molecule has 0 saturated carbocycles. The molecule has 2 rings (SSSR count). The van der Waals surface area contributed by atoms with Crippen molar-refractivity contribution in [3.8, 4) is 0 Å². The average Bonchev–Trinajstić information content (AvgIpc) is 2.86. The zero-order valence-electron chi connectivity index (χ0n) is 13.2. The molecule has 0 unspecified atom stereocenters. The lowest BCUT2D eigenvalue weighted by Gasteiger charge is -2.13. The van der Waals surface area contributed by atoms with E-state index in [2.05, 4.69) is 5.32 Å². The summed E-state index contributed by atoms with van der Waals surface area (Å²) in [5.74, 6) is -1.50. The summed E-state index contributed by atoms with van der Waals surface area (Å²) in [5.41, 5.74) is 1.18. The van der Waals surface area contributed by atoms with E-state index < -0.39 is 23.8 Å². The molecule has 24 heavy (non-hydrogen) atoms. The van der Waals surface area contributed by atoms with Crippen molar-refractivity contribution < 1.29 is 18.7 Å². The van der Waals surface area contributed by atoms with Gasteiger partial charge in [0.05, 0.1) is 6.42 Å². The van der Waals surface area contributed by atoms with Crippen LogP contribution in [0.3, 0.4) is 0 Å². The standard InChI is InChI=1S/C16H17FN2O4S/c1-10-9-24-16(22)19(10)8-7-14(20)23-11(2)15(21)18-13-5-3-12(17)4-6-13/h3-6,9,11H,7-8H2,1-2H3,(H,18,21)/t11-/m0/s1. The van der Waals surface area contributed by atoms with Crippen LogP contribution in [0, 0.1) is 12.7 Å². The van der Waals surface area contributed by atoms with Crippen LogP contribution in [0.4, 0.5) is 10.1 Å². The Balaban J connectivity index is 1.83. The molecule has 2 aromatic rings. The first-order valence-electron chi connectivity index (χ1n) is 7.27. The number of rotatable bonds is 6. The molecule has 0 aliphatic heterocycles. The normalized spacial score (nSPS) is 11.8. The van der Waals surface area contributed by atoms with E-state index in [0.717, 1.165) is 17.0 Å². The molecule has 0 bridgehead atoms. The van der Waals surface area contributed by atoms with Gasteiger partial charge in [-0.3, -0.25) is 14.4 Å². The molecule has 0 spiro atoms. The van der Waals surface area contributed by atoms with Gasteiger partial charge in [-0.2, -0.15) is 0 Å². The zero-order chi connectivity index (χ0) is 17.7. The summed E-state index contributed by atoms with van der Waals surface area (Å²) in [6, 6.07) is 5.25. The molecule has 1 N–H and O–H groups in total. The van der Waals surface area contributed by atoms with Crippen molar-refractivity contribution in [3.05, 3.63) is 50.8 Å². The third kappa shape index (κ3) is 4.76. The summed E-state index contributed by atoms with van der Waals surface area (Å²) in [6.07, 6.45) is -1.01. The van der Waals surface area contributed by atoms with Gasteiger partial charge in [-0.15, -0.1) is 0 Å². The van der Waals surface area contributed by atoms with Crippen LogP contribution in [0.25, 0.3) is 0 Å². The predicted molar refractivity (Wildman–Crippen MR) is 88.5 cm³/mol. The summed E-state index contributed by atoms with van der Waals surface area (Å²) in [4.78, 5) is 35.2. The Morgan fingerprint density at radius 1 is 1.33 bits per heavy atom. The van der Waals surface area contributed by atoms with Crippen LogP contribution < -0.4 is 10.2 Å². The number of nitrogens with one attached hydrogen (secondary N) is 1. The molecule has 1 atom stereocenters. The first kappa shape index (κ1) is 17.9. The third-order valence-electron chi connectivity index (χ3n) is 3.31. The fraction of sp³-hybridized carbons (Fsp3) is 0.312. The van der Waals surface area contributed by atoms with Gasteiger partial charge in [0.2, 0.25) is 0 Å². The molecule has 0 aliphatic carbocycles. The van der Waals surface area contributed by atoms with Crippen LogP contribution in [-0.2, 0) is 20.9 Å². The number of aromatic nitrogens is 1. The SMILES string of the molecule is Cc1csc(=O)n1CCC(=O)O[C@@H](C)C(=O)Nc1ccc(F)cc1. The number of hydrogen-bond acceptors (Lipinski definition) is 5. The molecule has 128 valence electrons. The number of anilines is 1. The van der Waals surface area contributed by atoms with Gasteiger partial charge in [-0.05, 0) is 38.1 Å².